The van der Waals surface area contributed by atoms with E-state index in [9.17, 15) is 8.78 Å². The number of pyridine rings is 1. The minimum absolute atomic E-state index is 0.0295. The van der Waals surface area contributed by atoms with Gasteiger partial charge in [0.05, 0.1) is 30.7 Å². The standard InChI is InChI=1S/C29H30F2N4O2.C2H6/c1-3-5-6-7-16-36-17-9-11-21(10-4-2)26-18-22(37-34-26)19-35-15-14-25-27(20-35)33-29(32-25)23-12-8-13-24(30)28(23)31;1-2/h4,8-15,17-18,20H,3,5-7,16,19H2,1-2H3;1-2H3/b10-4-,17-9+,21-11+;. The molecule has 206 valence electrons. The van der Waals surface area contributed by atoms with E-state index in [1.54, 1.807) is 18.5 Å². The summed E-state index contributed by atoms with van der Waals surface area (Å²) in [4.78, 5) is 8.73. The zero-order valence-corrected chi connectivity index (χ0v) is 23.0. The number of fused-ring (bicyclic) bond motifs is 1. The quantitative estimate of drug-likeness (QED) is 0.104. The Balaban J connectivity index is 0.00000205. The molecule has 0 N–H and O–H groups in total. The summed E-state index contributed by atoms with van der Waals surface area (Å²) in [5, 5.41) is 4.22. The maximum atomic E-state index is 14.2. The summed E-state index contributed by atoms with van der Waals surface area (Å²) in [6.45, 7) is 9.26. The molecule has 2 aliphatic heterocycles. The van der Waals surface area contributed by atoms with Crippen LogP contribution < -0.4 is 0 Å². The molecule has 0 saturated heterocycles. The van der Waals surface area contributed by atoms with E-state index in [0.717, 1.165) is 18.1 Å². The lowest BCUT2D eigenvalue weighted by atomic mass is 10.1. The average molecular weight is 535 g/mol. The van der Waals surface area contributed by atoms with E-state index in [1.165, 1.54) is 31.4 Å². The Morgan fingerprint density at radius 1 is 1.08 bits per heavy atom. The van der Waals surface area contributed by atoms with Crippen molar-refractivity contribution >= 4 is 5.57 Å². The average Bonchev–Trinajstić information content (AvgIpc) is 3.59. The van der Waals surface area contributed by atoms with E-state index >= 15 is 0 Å². The third-order valence-corrected chi connectivity index (χ3v) is 5.73. The summed E-state index contributed by atoms with van der Waals surface area (Å²) < 4.78 is 40.8. The number of halogens is 2. The van der Waals surface area contributed by atoms with Crippen LogP contribution in [-0.4, -0.2) is 26.3 Å². The number of ether oxygens (including phenoxy) is 1. The van der Waals surface area contributed by atoms with E-state index in [2.05, 4.69) is 22.0 Å². The molecule has 0 aliphatic carbocycles. The van der Waals surface area contributed by atoms with E-state index in [-0.39, 0.29) is 11.4 Å². The first kappa shape index (κ1) is 29.5. The second kappa shape index (κ2) is 15.4. The van der Waals surface area contributed by atoms with Crippen molar-refractivity contribution in [3.8, 4) is 22.8 Å². The summed E-state index contributed by atoms with van der Waals surface area (Å²) in [5.74, 6) is -1.09. The minimum atomic E-state index is -0.960. The van der Waals surface area contributed by atoms with Crippen molar-refractivity contribution < 1.29 is 18.0 Å². The van der Waals surface area contributed by atoms with E-state index in [4.69, 9.17) is 9.26 Å². The molecule has 3 heterocycles. The molecule has 1 aromatic heterocycles. The molecule has 0 fully saturated rings. The van der Waals surface area contributed by atoms with Gasteiger partial charge in [-0.2, -0.15) is 0 Å². The van der Waals surface area contributed by atoms with E-state index in [0.29, 0.717) is 36.0 Å². The number of hydrogen-bond acceptors (Lipinski definition) is 5. The summed E-state index contributed by atoms with van der Waals surface area (Å²) in [6, 6.07) is 7.62. The highest BCUT2D eigenvalue weighted by Crippen LogP contribution is 2.27. The SMILES string of the molecule is CC.C\C=C/C(=C\C=C\OCCCCCC)c1cc(Cn2ccc3nc(-c4cccc(F)c4F)nc-3c2)on1. The molecule has 2 aliphatic rings. The van der Waals surface area contributed by atoms with Crippen LogP contribution >= 0.6 is 0 Å². The molecule has 0 unspecified atom stereocenters. The minimum Gasteiger partial charge on any atom is -0.501 e. The lowest BCUT2D eigenvalue weighted by molar-refractivity contribution is 0.241. The smallest absolute Gasteiger partial charge is 0.169 e. The number of hydrogen-bond donors (Lipinski definition) is 0. The Morgan fingerprint density at radius 2 is 1.90 bits per heavy atom. The molecule has 0 atom stereocenters. The van der Waals surface area contributed by atoms with Gasteiger partial charge < -0.3 is 13.8 Å². The van der Waals surface area contributed by atoms with Crippen molar-refractivity contribution in [3.63, 3.8) is 0 Å². The van der Waals surface area contributed by atoms with Gasteiger partial charge in [0.25, 0.3) is 0 Å². The number of unbranched alkanes of at least 4 members (excludes halogenated alkanes) is 3. The number of rotatable bonds is 12. The topological polar surface area (TPSA) is 66.0 Å². The van der Waals surface area contributed by atoms with Crippen LogP contribution in [-0.2, 0) is 11.3 Å². The highest BCUT2D eigenvalue weighted by atomic mass is 19.2. The second-order valence-corrected chi connectivity index (χ2v) is 8.60. The van der Waals surface area contributed by atoms with E-state index < -0.39 is 11.6 Å². The van der Waals surface area contributed by atoms with Crippen LogP contribution in [0, 0.1) is 11.6 Å². The molecule has 39 heavy (non-hydrogen) atoms. The third kappa shape index (κ3) is 8.21. The van der Waals surface area contributed by atoms with Gasteiger partial charge in [-0.1, -0.05) is 63.4 Å². The van der Waals surface area contributed by atoms with Gasteiger partial charge in [-0.05, 0) is 43.7 Å². The molecule has 0 amide bonds. The van der Waals surface area contributed by atoms with Crippen LogP contribution in [0.5, 0.6) is 0 Å². The lowest BCUT2D eigenvalue weighted by Gasteiger charge is -2.04. The van der Waals surface area contributed by atoms with E-state index in [1.807, 2.05) is 61.9 Å². The zero-order valence-electron chi connectivity index (χ0n) is 23.0. The van der Waals surface area contributed by atoms with Crippen LogP contribution in [0.25, 0.3) is 28.3 Å². The Kier molecular flexibility index (Phi) is 11.6. The van der Waals surface area contributed by atoms with Gasteiger partial charge in [0, 0.05) is 24.0 Å². The Hall–Kier alpha value is -4.07. The molecule has 0 bridgehead atoms. The Morgan fingerprint density at radius 3 is 2.69 bits per heavy atom. The number of nitrogens with zero attached hydrogens (tertiary/aromatic N) is 4. The number of imidazole rings is 1. The molecule has 2 aromatic rings. The summed E-state index contributed by atoms with van der Waals surface area (Å²) >= 11 is 0. The maximum absolute atomic E-state index is 14.2. The summed E-state index contributed by atoms with van der Waals surface area (Å²) in [7, 11) is 0. The van der Waals surface area contributed by atoms with Crippen molar-refractivity contribution in [2.75, 3.05) is 6.61 Å². The maximum Gasteiger partial charge on any atom is 0.169 e. The molecule has 6 nitrogen and oxygen atoms in total. The zero-order chi connectivity index (χ0) is 28.0. The number of benzene rings is 1. The van der Waals surface area contributed by atoms with Crippen LogP contribution in [0.2, 0.25) is 0 Å². The van der Waals surface area contributed by atoms with Crippen molar-refractivity contribution in [2.24, 2.45) is 0 Å². The molecule has 4 rings (SSSR count). The largest absolute Gasteiger partial charge is 0.501 e. The monoisotopic (exact) mass is 534 g/mol. The molecule has 0 radical (unpaired) electrons. The first-order valence-corrected chi connectivity index (χ1v) is 13.4. The number of allylic oxidation sites excluding steroid dienone is 5. The molecule has 0 saturated carbocycles. The first-order valence-electron chi connectivity index (χ1n) is 13.4. The van der Waals surface area contributed by atoms with Crippen molar-refractivity contribution in [2.45, 2.75) is 59.9 Å². The van der Waals surface area contributed by atoms with Gasteiger partial charge in [0.2, 0.25) is 0 Å². The number of aromatic nitrogens is 4. The summed E-state index contributed by atoms with van der Waals surface area (Å²) in [5.41, 5.74) is 2.79. The van der Waals surface area contributed by atoms with Gasteiger partial charge in [-0.25, -0.2) is 18.7 Å². The van der Waals surface area contributed by atoms with Gasteiger partial charge in [0.15, 0.2) is 23.2 Å². The fourth-order valence-electron chi connectivity index (χ4n) is 3.84. The highest BCUT2D eigenvalue weighted by Gasteiger charge is 2.18. The third-order valence-electron chi connectivity index (χ3n) is 5.73. The Bertz CT molecular complexity index is 1370. The van der Waals surface area contributed by atoms with Crippen molar-refractivity contribution in [1.82, 2.24) is 19.7 Å². The van der Waals surface area contributed by atoms with Crippen molar-refractivity contribution in [1.29, 1.82) is 0 Å². The predicted molar refractivity (Wildman–Crippen MR) is 151 cm³/mol. The molecular formula is C31H36F2N4O2. The second-order valence-electron chi connectivity index (χ2n) is 8.60. The van der Waals surface area contributed by atoms with Crippen LogP contribution in [0.1, 0.15) is 64.8 Å². The van der Waals surface area contributed by atoms with Crippen LogP contribution in [0.3, 0.4) is 0 Å². The van der Waals surface area contributed by atoms with Gasteiger partial charge in [0.1, 0.15) is 11.4 Å². The van der Waals surface area contributed by atoms with Gasteiger partial charge in [-0.15, -0.1) is 0 Å². The first-order chi connectivity index (χ1) is 19.1. The normalized spacial score (nSPS) is 11.9. The lowest BCUT2D eigenvalue weighted by Crippen LogP contribution is -1.99. The predicted octanol–water partition coefficient (Wildman–Crippen LogP) is 8.46. The van der Waals surface area contributed by atoms with Crippen molar-refractivity contribution in [3.05, 3.63) is 96.4 Å². The molecule has 1 aromatic carbocycles. The molecule has 0 spiro atoms. The molecular weight excluding hydrogens is 498 g/mol. The Labute approximate surface area is 229 Å². The summed E-state index contributed by atoms with van der Waals surface area (Å²) in [6.07, 6.45) is 17.7. The van der Waals surface area contributed by atoms with Crippen LogP contribution in [0.15, 0.2) is 77.8 Å². The van der Waals surface area contributed by atoms with Gasteiger partial charge in [-0.3, -0.25) is 0 Å². The fourth-order valence-corrected chi connectivity index (χ4v) is 3.84. The molecule has 8 heteroatoms. The van der Waals surface area contributed by atoms with Gasteiger partial charge >= 0.3 is 0 Å². The highest BCUT2D eigenvalue weighted by molar-refractivity contribution is 5.72. The fraction of sp³-hybridized carbons (Fsp3) is 0.323. The van der Waals surface area contributed by atoms with Crippen LogP contribution in [0.4, 0.5) is 8.78 Å².